The molecule has 1 heterocycles. The van der Waals surface area contributed by atoms with Crippen LogP contribution in [0.15, 0.2) is 52.0 Å². The molecule has 0 radical (unpaired) electrons. The maximum Gasteiger partial charge on any atom is 0.136 e. The fourth-order valence-electron chi connectivity index (χ4n) is 1.61. The monoisotopic (exact) mass is 265 g/mol. The van der Waals surface area contributed by atoms with E-state index in [4.69, 9.17) is 4.42 Å². The standard InChI is InChI=1S/C14H16FNOS/c1-11(9-16-10-12-5-4-8-17-12)18-14-7-3-2-6-13(14)15/h2-8,11,16H,9-10H2,1H3. The Morgan fingerprint density at radius 3 is 2.83 bits per heavy atom. The number of halogens is 1. The Kier molecular flexibility index (Phi) is 4.84. The average molecular weight is 265 g/mol. The molecule has 18 heavy (non-hydrogen) atoms. The van der Waals surface area contributed by atoms with Gasteiger partial charge in [0.25, 0.3) is 0 Å². The second kappa shape index (κ2) is 6.61. The molecule has 0 amide bonds. The van der Waals surface area contributed by atoms with Crippen LogP contribution in [-0.2, 0) is 6.54 Å². The summed E-state index contributed by atoms with van der Waals surface area (Å²) in [7, 11) is 0. The van der Waals surface area contributed by atoms with Gasteiger partial charge in [-0.25, -0.2) is 4.39 Å². The van der Waals surface area contributed by atoms with Gasteiger partial charge in [-0.05, 0) is 24.3 Å². The molecule has 2 aromatic rings. The minimum atomic E-state index is -0.152. The molecule has 2 rings (SSSR count). The lowest BCUT2D eigenvalue weighted by atomic mass is 10.3. The summed E-state index contributed by atoms with van der Waals surface area (Å²) in [6.45, 7) is 3.58. The maximum absolute atomic E-state index is 13.4. The Morgan fingerprint density at radius 2 is 2.11 bits per heavy atom. The van der Waals surface area contributed by atoms with E-state index in [9.17, 15) is 4.39 Å². The highest BCUT2D eigenvalue weighted by Crippen LogP contribution is 2.25. The van der Waals surface area contributed by atoms with Crippen LogP contribution >= 0.6 is 11.8 Å². The van der Waals surface area contributed by atoms with Crippen molar-refractivity contribution in [2.45, 2.75) is 23.6 Å². The summed E-state index contributed by atoms with van der Waals surface area (Å²) in [6, 6.07) is 10.7. The zero-order valence-electron chi connectivity index (χ0n) is 10.2. The summed E-state index contributed by atoms with van der Waals surface area (Å²) in [4.78, 5) is 0.699. The molecule has 2 nitrogen and oxygen atoms in total. The van der Waals surface area contributed by atoms with Crippen LogP contribution in [0.4, 0.5) is 4.39 Å². The summed E-state index contributed by atoms with van der Waals surface area (Å²) in [5.74, 6) is 0.762. The van der Waals surface area contributed by atoms with E-state index in [0.29, 0.717) is 16.7 Å². The molecular formula is C14H16FNOS. The number of hydrogen-bond donors (Lipinski definition) is 1. The number of benzene rings is 1. The second-order valence-corrected chi connectivity index (χ2v) is 5.55. The number of nitrogens with one attached hydrogen (secondary N) is 1. The molecule has 1 aromatic heterocycles. The summed E-state index contributed by atoms with van der Waals surface area (Å²) in [5, 5.41) is 3.59. The van der Waals surface area contributed by atoms with Crippen LogP contribution < -0.4 is 5.32 Å². The fraction of sp³-hybridized carbons (Fsp3) is 0.286. The summed E-state index contributed by atoms with van der Waals surface area (Å²) >= 11 is 1.54. The molecule has 1 N–H and O–H groups in total. The molecule has 0 bridgehead atoms. The highest BCUT2D eigenvalue weighted by molar-refractivity contribution is 8.00. The van der Waals surface area contributed by atoms with Gasteiger partial charge in [-0.1, -0.05) is 19.1 Å². The summed E-state index contributed by atoms with van der Waals surface area (Å²) in [6.07, 6.45) is 1.66. The minimum absolute atomic E-state index is 0.152. The molecule has 0 aliphatic rings. The van der Waals surface area contributed by atoms with Gasteiger partial charge in [0.15, 0.2) is 0 Å². The van der Waals surface area contributed by atoms with Gasteiger partial charge in [-0.3, -0.25) is 0 Å². The molecule has 0 aliphatic heterocycles. The van der Waals surface area contributed by atoms with Crippen LogP contribution in [0.5, 0.6) is 0 Å². The van der Waals surface area contributed by atoms with Crippen LogP contribution in [0.3, 0.4) is 0 Å². The van der Waals surface area contributed by atoms with Crippen molar-refractivity contribution in [3.05, 3.63) is 54.2 Å². The Hall–Kier alpha value is -1.26. The molecule has 0 fully saturated rings. The molecule has 0 saturated carbocycles. The molecule has 1 atom stereocenters. The van der Waals surface area contributed by atoms with Crippen molar-refractivity contribution in [2.24, 2.45) is 0 Å². The van der Waals surface area contributed by atoms with Gasteiger partial charge in [0, 0.05) is 16.7 Å². The third kappa shape index (κ3) is 3.89. The van der Waals surface area contributed by atoms with E-state index in [0.717, 1.165) is 12.3 Å². The third-order valence-corrected chi connectivity index (χ3v) is 3.63. The van der Waals surface area contributed by atoms with Crippen LogP contribution in [-0.4, -0.2) is 11.8 Å². The molecular weight excluding hydrogens is 249 g/mol. The Labute approximate surface area is 111 Å². The molecule has 1 unspecified atom stereocenters. The summed E-state index contributed by atoms with van der Waals surface area (Å²) < 4.78 is 18.7. The summed E-state index contributed by atoms with van der Waals surface area (Å²) in [5.41, 5.74) is 0. The first-order valence-corrected chi connectivity index (χ1v) is 6.78. The predicted octanol–water partition coefficient (Wildman–Crippen LogP) is 3.69. The smallest absolute Gasteiger partial charge is 0.136 e. The van der Waals surface area contributed by atoms with E-state index in [1.807, 2.05) is 24.3 Å². The number of hydrogen-bond acceptors (Lipinski definition) is 3. The number of thioether (sulfide) groups is 1. The first-order chi connectivity index (χ1) is 8.75. The molecule has 0 saturated heterocycles. The molecule has 4 heteroatoms. The first-order valence-electron chi connectivity index (χ1n) is 5.90. The van der Waals surface area contributed by atoms with Crippen molar-refractivity contribution in [1.82, 2.24) is 5.32 Å². The zero-order chi connectivity index (χ0) is 12.8. The lowest BCUT2D eigenvalue weighted by Gasteiger charge is -2.12. The van der Waals surface area contributed by atoms with Crippen LogP contribution in [0.25, 0.3) is 0 Å². The topological polar surface area (TPSA) is 25.2 Å². The highest BCUT2D eigenvalue weighted by atomic mass is 32.2. The predicted molar refractivity (Wildman–Crippen MR) is 72.1 cm³/mol. The highest BCUT2D eigenvalue weighted by Gasteiger charge is 2.08. The van der Waals surface area contributed by atoms with Crippen molar-refractivity contribution >= 4 is 11.8 Å². The number of furan rings is 1. The van der Waals surface area contributed by atoms with Gasteiger partial charge in [-0.2, -0.15) is 0 Å². The van der Waals surface area contributed by atoms with Crippen molar-refractivity contribution in [2.75, 3.05) is 6.54 Å². The Balaban J connectivity index is 1.75. The lowest BCUT2D eigenvalue weighted by Crippen LogP contribution is -2.22. The minimum Gasteiger partial charge on any atom is -0.468 e. The molecule has 0 spiro atoms. The quantitative estimate of drug-likeness (QED) is 0.806. The van der Waals surface area contributed by atoms with Gasteiger partial charge in [0.1, 0.15) is 11.6 Å². The van der Waals surface area contributed by atoms with Crippen LogP contribution in [0.2, 0.25) is 0 Å². The SMILES string of the molecule is CC(CNCc1ccco1)Sc1ccccc1F. The van der Waals surface area contributed by atoms with Crippen LogP contribution in [0, 0.1) is 5.82 Å². The van der Waals surface area contributed by atoms with Crippen LogP contribution in [0.1, 0.15) is 12.7 Å². The largest absolute Gasteiger partial charge is 0.468 e. The van der Waals surface area contributed by atoms with Gasteiger partial charge < -0.3 is 9.73 Å². The third-order valence-electron chi connectivity index (χ3n) is 2.48. The van der Waals surface area contributed by atoms with Gasteiger partial charge >= 0.3 is 0 Å². The van der Waals surface area contributed by atoms with E-state index >= 15 is 0 Å². The van der Waals surface area contributed by atoms with Crippen molar-refractivity contribution in [3.8, 4) is 0 Å². The first kappa shape index (κ1) is 13.2. The molecule has 0 aliphatic carbocycles. The van der Waals surface area contributed by atoms with E-state index < -0.39 is 0 Å². The second-order valence-electron chi connectivity index (χ2n) is 4.07. The molecule has 1 aromatic carbocycles. The average Bonchev–Trinajstić information content (AvgIpc) is 2.85. The normalized spacial score (nSPS) is 12.6. The Morgan fingerprint density at radius 1 is 1.28 bits per heavy atom. The maximum atomic E-state index is 13.4. The van der Waals surface area contributed by atoms with Gasteiger partial charge in [0.05, 0.1) is 12.8 Å². The van der Waals surface area contributed by atoms with E-state index in [2.05, 4.69) is 12.2 Å². The van der Waals surface area contributed by atoms with E-state index in [1.54, 1.807) is 12.3 Å². The van der Waals surface area contributed by atoms with E-state index in [1.165, 1.54) is 17.8 Å². The van der Waals surface area contributed by atoms with Gasteiger partial charge in [0.2, 0.25) is 0 Å². The zero-order valence-corrected chi connectivity index (χ0v) is 11.0. The lowest BCUT2D eigenvalue weighted by molar-refractivity contribution is 0.484. The van der Waals surface area contributed by atoms with Crippen molar-refractivity contribution < 1.29 is 8.81 Å². The molecule has 96 valence electrons. The fourth-order valence-corrected chi connectivity index (χ4v) is 2.58. The van der Waals surface area contributed by atoms with Crippen molar-refractivity contribution in [1.29, 1.82) is 0 Å². The number of rotatable bonds is 6. The van der Waals surface area contributed by atoms with Gasteiger partial charge in [-0.15, -0.1) is 11.8 Å². The van der Waals surface area contributed by atoms with Crippen molar-refractivity contribution in [3.63, 3.8) is 0 Å². The Bertz CT molecular complexity index is 472. The van der Waals surface area contributed by atoms with E-state index in [-0.39, 0.29) is 5.82 Å².